The van der Waals surface area contributed by atoms with Crippen LogP contribution >= 0.6 is 0 Å². The van der Waals surface area contributed by atoms with Crippen LogP contribution in [-0.4, -0.2) is 33.8 Å². The molecule has 0 saturated carbocycles. The van der Waals surface area contributed by atoms with E-state index in [-0.39, 0.29) is 6.54 Å². The number of nitrogens with zero attached hydrogens (tertiary/aromatic N) is 3. The maximum absolute atomic E-state index is 11.7. The first-order chi connectivity index (χ1) is 11.3. The van der Waals surface area contributed by atoms with E-state index in [0.717, 1.165) is 0 Å². The molecule has 24 heavy (non-hydrogen) atoms. The highest BCUT2D eigenvalue weighted by Gasteiger charge is 2.16. The molecule has 1 amide bonds. The monoisotopic (exact) mass is 331 g/mol. The van der Waals surface area contributed by atoms with Crippen molar-refractivity contribution in [1.29, 1.82) is 0 Å². The van der Waals surface area contributed by atoms with E-state index < -0.39 is 11.7 Å². The Morgan fingerprint density at radius 3 is 2.67 bits per heavy atom. The molecule has 2 aromatic rings. The van der Waals surface area contributed by atoms with Gasteiger partial charge in [0, 0.05) is 11.8 Å². The summed E-state index contributed by atoms with van der Waals surface area (Å²) in [6, 6.07) is 1.71. The van der Waals surface area contributed by atoms with Crippen LogP contribution in [0.4, 0.5) is 10.5 Å². The van der Waals surface area contributed by atoms with Crippen molar-refractivity contribution in [3.63, 3.8) is 0 Å². The van der Waals surface area contributed by atoms with E-state index in [1.54, 1.807) is 45.4 Å². The van der Waals surface area contributed by atoms with Gasteiger partial charge < -0.3 is 20.5 Å². The van der Waals surface area contributed by atoms with Crippen molar-refractivity contribution in [2.45, 2.75) is 32.9 Å². The van der Waals surface area contributed by atoms with Crippen LogP contribution in [0.3, 0.4) is 0 Å². The Balaban J connectivity index is 2.09. The molecule has 2 heterocycles. The number of nitrogen functional groups attached to an aromatic ring is 1. The lowest BCUT2D eigenvalue weighted by Gasteiger charge is -2.19. The third-order valence-corrected chi connectivity index (χ3v) is 2.87. The van der Waals surface area contributed by atoms with E-state index in [1.807, 2.05) is 0 Å². The number of hydrogen-bond donors (Lipinski definition) is 2. The lowest BCUT2D eigenvalue weighted by atomic mass is 10.2. The van der Waals surface area contributed by atoms with Crippen LogP contribution < -0.4 is 15.8 Å². The number of aromatic nitrogens is 3. The zero-order valence-electron chi connectivity index (χ0n) is 14.2. The third kappa shape index (κ3) is 4.80. The van der Waals surface area contributed by atoms with Gasteiger partial charge in [-0.15, -0.1) is 0 Å². The van der Waals surface area contributed by atoms with Crippen molar-refractivity contribution in [3.8, 4) is 17.1 Å². The highest BCUT2D eigenvalue weighted by Crippen LogP contribution is 2.24. The fourth-order valence-electron chi connectivity index (χ4n) is 1.89. The van der Waals surface area contributed by atoms with Gasteiger partial charge in [-0.25, -0.2) is 14.8 Å². The second kappa shape index (κ2) is 7.12. The second-order valence-corrected chi connectivity index (χ2v) is 6.07. The summed E-state index contributed by atoms with van der Waals surface area (Å²) in [5.41, 5.74) is 7.61. The molecule has 0 unspecified atom stereocenters. The molecule has 8 nitrogen and oxygen atoms in total. The molecular formula is C16H21N5O3. The summed E-state index contributed by atoms with van der Waals surface area (Å²) in [6.45, 7) is 5.60. The number of ether oxygens (including phenoxy) is 2. The van der Waals surface area contributed by atoms with E-state index in [2.05, 4.69) is 20.3 Å². The number of amides is 1. The average Bonchev–Trinajstić information content (AvgIpc) is 2.51. The summed E-state index contributed by atoms with van der Waals surface area (Å²) in [6.07, 6.45) is 4.26. The molecule has 3 N–H and O–H groups in total. The van der Waals surface area contributed by atoms with E-state index in [1.165, 1.54) is 7.11 Å². The highest BCUT2D eigenvalue weighted by molar-refractivity contribution is 5.68. The minimum atomic E-state index is -0.552. The van der Waals surface area contributed by atoms with Crippen molar-refractivity contribution < 1.29 is 14.3 Å². The Bertz CT molecular complexity index is 728. The second-order valence-electron chi connectivity index (χ2n) is 6.07. The molecule has 0 bridgehead atoms. The fraction of sp³-hybridized carbons (Fsp3) is 0.375. The van der Waals surface area contributed by atoms with Crippen LogP contribution in [0.5, 0.6) is 5.88 Å². The summed E-state index contributed by atoms with van der Waals surface area (Å²) >= 11 is 0. The minimum Gasteiger partial charge on any atom is -0.480 e. The molecule has 2 rings (SSSR count). The summed E-state index contributed by atoms with van der Waals surface area (Å²) in [4.78, 5) is 24.4. The molecule has 0 spiro atoms. The van der Waals surface area contributed by atoms with Gasteiger partial charge in [0.25, 0.3) is 0 Å². The number of carbonyl (C=O) groups excluding carboxylic acids is 1. The largest absolute Gasteiger partial charge is 0.480 e. The molecule has 0 aliphatic heterocycles. The molecule has 0 radical (unpaired) electrons. The quantitative estimate of drug-likeness (QED) is 0.882. The molecule has 0 saturated heterocycles. The van der Waals surface area contributed by atoms with Gasteiger partial charge in [-0.05, 0) is 26.8 Å². The topological polar surface area (TPSA) is 112 Å². The predicted octanol–water partition coefficient (Wildman–Crippen LogP) is 2.15. The molecule has 0 aliphatic rings. The van der Waals surface area contributed by atoms with Crippen molar-refractivity contribution in [2.75, 3.05) is 12.8 Å². The Hall–Kier alpha value is -2.90. The molecule has 8 heteroatoms. The first kappa shape index (κ1) is 17.5. The number of methoxy groups -OCH3 is 1. The normalized spacial score (nSPS) is 11.0. The first-order valence-electron chi connectivity index (χ1n) is 7.36. The zero-order valence-corrected chi connectivity index (χ0v) is 14.2. The number of nitrogens with one attached hydrogen (secondary N) is 1. The Morgan fingerprint density at radius 2 is 2.04 bits per heavy atom. The van der Waals surface area contributed by atoms with Gasteiger partial charge in [0.15, 0.2) is 0 Å². The van der Waals surface area contributed by atoms with E-state index in [4.69, 9.17) is 15.2 Å². The molecule has 128 valence electrons. The van der Waals surface area contributed by atoms with Crippen LogP contribution in [0.1, 0.15) is 26.5 Å². The van der Waals surface area contributed by atoms with Gasteiger partial charge in [-0.1, -0.05) is 0 Å². The number of anilines is 1. The van der Waals surface area contributed by atoms with E-state index in [9.17, 15) is 4.79 Å². The number of nitrogens with two attached hydrogens (primary N) is 1. The first-order valence-corrected chi connectivity index (χ1v) is 7.36. The highest BCUT2D eigenvalue weighted by atomic mass is 16.6. The van der Waals surface area contributed by atoms with Gasteiger partial charge >= 0.3 is 6.09 Å². The summed E-state index contributed by atoms with van der Waals surface area (Å²) in [7, 11) is 1.50. The molecule has 0 atom stereocenters. The molecule has 0 aromatic carbocycles. The Kier molecular flexibility index (Phi) is 5.18. The van der Waals surface area contributed by atoms with Crippen molar-refractivity contribution >= 4 is 11.8 Å². The van der Waals surface area contributed by atoms with Gasteiger partial charge in [-0.3, -0.25) is 4.98 Å². The smallest absolute Gasteiger partial charge is 0.407 e. The SMILES string of the molecule is COc1ncc(-c2cncc(CNC(=O)OC(C)(C)C)n2)cc1N. The van der Waals surface area contributed by atoms with Gasteiger partial charge in [0.05, 0.1) is 43.1 Å². The van der Waals surface area contributed by atoms with E-state index in [0.29, 0.717) is 28.5 Å². The standard InChI is InChI=1S/C16H21N5O3/c1-16(2,3)24-15(22)20-8-11-7-18-9-13(21-11)10-5-12(17)14(23-4)19-6-10/h5-7,9H,8,17H2,1-4H3,(H,20,22). The average molecular weight is 331 g/mol. The van der Waals surface area contributed by atoms with Crippen molar-refractivity contribution in [1.82, 2.24) is 20.3 Å². The maximum Gasteiger partial charge on any atom is 0.407 e. The molecule has 0 fully saturated rings. The van der Waals surface area contributed by atoms with Crippen LogP contribution in [0.15, 0.2) is 24.7 Å². The maximum atomic E-state index is 11.7. The number of carbonyl (C=O) groups is 1. The molecular weight excluding hydrogens is 310 g/mol. The zero-order chi connectivity index (χ0) is 17.7. The number of rotatable bonds is 4. The van der Waals surface area contributed by atoms with E-state index >= 15 is 0 Å². The van der Waals surface area contributed by atoms with Crippen LogP contribution in [0, 0.1) is 0 Å². The summed E-state index contributed by atoms with van der Waals surface area (Å²) < 4.78 is 10.2. The lowest BCUT2D eigenvalue weighted by Crippen LogP contribution is -2.32. The predicted molar refractivity (Wildman–Crippen MR) is 89.3 cm³/mol. The summed E-state index contributed by atoms with van der Waals surface area (Å²) in [5.74, 6) is 0.356. The fourth-order valence-corrected chi connectivity index (χ4v) is 1.89. The number of alkyl carbamates (subject to hydrolysis) is 1. The molecule has 0 aliphatic carbocycles. The van der Waals surface area contributed by atoms with Gasteiger partial charge in [0.2, 0.25) is 5.88 Å². The minimum absolute atomic E-state index is 0.203. The lowest BCUT2D eigenvalue weighted by molar-refractivity contribution is 0.0523. The third-order valence-electron chi connectivity index (χ3n) is 2.87. The van der Waals surface area contributed by atoms with Crippen LogP contribution in [-0.2, 0) is 11.3 Å². The Morgan fingerprint density at radius 1 is 1.29 bits per heavy atom. The van der Waals surface area contributed by atoms with Gasteiger partial charge in [-0.2, -0.15) is 0 Å². The Labute approximate surface area is 140 Å². The van der Waals surface area contributed by atoms with Crippen LogP contribution in [0.2, 0.25) is 0 Å². The molecule has 2 aromatic heterocycles. The number of pyridine rings is 1. The van der Waals surface area contributed by atoms with Crippen molar-refractivity contribution in [3.05, 3.63) is 30.4 Å². The summed E-state index contributed by atoms with van der Waals surface area (Å²) in [5, 5.41) is 2.64. The van der Waals surface area contributed by atoms with Crippen LogP contribution in [0.25, 0.3) is 11.3 Å². The number of hydrogen-bond acceptors (Lipinski definition) is 7. The van der Waals surface area contributed by atoms with Gasteiger partial charge in [0.1, 0.15) is 5.60 Å². The van der Waals surface area contributed by atoms with Crippen molar-refractivity contribution in [2.24, 2.45) is 0 Å².